The smallest absolute Gasteiger partial charge is 0.119 e. The van der Waals surface area contributed by atoms with E-state index in [4.69, 9.17) is 15.2 Å². The minimum Gasteiger partial charge on any atom is -0.491 e. The fourth-order valence-electron chi connectivity index (χ4n) is 1.96. The molecule has 0 aliphatic carbocycles. The van der Waals surface area contributed by atoms with Gasteiger partial charge in [0.25, 0.3) is 0 Å². The van der Waals surface area contributed by atoms with Gasteiger partial charge in [-0.05, 0) is 35.7 Å². The van der Waals surface area contributed by atoms with Crippen molar-refractivity contribution in [3.8, 4) is 5.75 Å². The number of para-hydroxylation sites is 1. The molecule has 2 aromatic rings. The average Bonchev–Trinajstić information content (AvgIpc) is 2.49. The predicted octanol–water partition coefficient (Wildman–Crippen LogP) is 3.05. The van der Waals surface area contributed by atoms with Gasteiger partial charge in [-0.2, -0.15) is 0 Å². The highest BCUT2D eigenvalue weighted by Gasteiger charge is 2.00. The summed E-state index contributed by atoms with van der Waals surface area (Å²) in [5.41, 5.74) is 9.18. The highest BCUT2D eigenvalue weighted by atomic mass is 16.5. The van der Waals surface area contributed by atoms with Crippen LogP contribution < -0.4 is 10.5 Å². The van der Waals surface area contributed by atoms with E-state index in [1.807, 2.05) is 36.4 Å². The van der Waals surface area contributed by atoms with Gasteiger partial charge in [0.1, 0.15) is 12.4 Å². The Morgan fingerprint density at radius 1 is 1.00 bits per heavy atom. The van der Waals surface area contributed by atoms with Crippen molar-refractivity contribution < 1.29 is 9.47 Å². The number of aryl methyl sites for hydroxylation is 1. The van der Waals surface area contributed by atoms with Gasteiger partial charge < -0.3 is 15.2 Å². The number of ether oxygens (including phenoxy) is 2. The summed E-state index contributed by atoms with van der Waals surface area (Å²) in [5.74, 6) is 0.875. The zero-order valence-corrected chi connectivity index (χ0v) is 11.8. The molecule has 0 heterocycles. The lowest BCUT2D eigenvalue weighted by Gasteiger charge is -2.10. The Morgan fingerprint density at radius 2 is 1.80 bits per heavy atom. The Balaban J connectivity index is 1.71. The van der Waals surface area contributed by atoms with Crippen LogP contribution in [0.2, 0.25) is 0 Å². The molecular formula is C17H21NO2. The third-order valence-electron chi connectivity index (χ3n) is 3.14. The Labute approximate surface area is 120 Å². The molecule has 0 radical (unpaired) electrons. The van der Waals surface area contributed by atoms with Crippen LogP contribution in [0, 0.1) is 6.92 Å². The highest BCUT2D eigenvalue weighted by molar-refractivity contribution is 5.30. The minimum absolute atomic E-state index is 0.559. The lowest BCUT2D eigenvalue weighted by atomic mass is 10.1. The van der Waals surface area contributed by atoms with Crippen LogP contribution in [-0.2, 0) is 17.9 Å². The quantitative estimate of drug-likeness (QED) is 0.787. The van der Waals surface area contributed by atoms with Crippen molar-refractivity contribution in [1.29, 1.82) is 0 Å². The molecule has 3 heteroatoms. The van der Waals surface area contributed by atoms with E-state index < -0.39 is 0 Å². The number of nitrogens with two attached hydrogens (primary N) is 1. The van der Waals surface area contributed by atoms with Crippen LogP contribution in [0.15, 0.2) is 48.5 Å². The maximum Gasteiger partial charge on any atom is 0.119 e. The molecule has 0 aromatic heterocycles. The Hall–Kier alpha value is -1.84. The molecule has 0 spiro atoms. The number of rotatable bonds is 7. The van der Waals surface area contributed by atoms with Crippen molar-refractivity contribution in [3.05, 3.63) is 65.2 Å². The monoisotopic (exact) mass is 271 g/mol. The second-order valence-electron chi connectivity index (χ2n) is 4.68. The zero-order chi connectivity index (χ0) is 14.2. The molecule has 0 saturated heterocycles. The van der Waals surface area contributed by atoms with Gasteiger partial charge in [-0.25, -0.2) is 0 Å². The Morgan fingerprint density at radius 3 is 2.50 bits per heavy atom. The van der Waals surface area contributed by atoms with E-state index >= 15 is 0 Å². The molecule has 2 aromatic carbocycles. The first-order valence-electron chi connectivity index (χ1n) is 6.83. The lowest BCUT2D eigenvalue weighted by molar-refractivity contribution is 0.0886. The van der Waals surface area contributed by atoms with Gasteiger partial charge in [0.15, 0.2) is 0 Å². The Kier molecular flexibility index (Phi) is 5.59. The van der Waals surface area contributed by atoms with Gasteiger partial charge in [-0.3, -0.25) is 0 Å². The highest BCUT2D eigenvalue weighted by Crippen LogP contribution is 2.12. The molecule has 106 valence electrons. The van der Waals surface area contributed by atoms with Crippen molar-refractivity contribution >= 4 is 0 Å². The topological polar surface area (TPSA) is 44.5 Å². The predicted molar refractivity (Wildman–Crippen MR) is 80.7 cm³/mol. The molecule has 0 aliphatic heterocycles. The average molecular weight is 271 g/mol. The summed E-state index contributed by atoms with van der Waals surface area (Å²) in [4.78, 5) is 0. The molecule has 0 aliphatic rings. The summed E-state index contributed by atoms with van der Waals surface area (Å²) in [6.45, 7) is 4.40. The standard InChI is InChI=1S/C17H21NO2/c1-14-11-15(12-18)7-8-16(14)13-19-9-10-20-17-5-3-2-4-6-17/h2-8,11H,9-10,12-13,18H2,1H3. The molecule has 0 unspecified atom stereocenters. The molecule has 20 heavy (non-hydrogen) atoms. The molecule has 2 N–H and O–H groups in total. The van der Waals surface area contributed by atoms with E-state index in [0.717, 1.165) is 11.3 Å². The van der Waals surface area contributed by atoms with Gasteiger partial charge in [0, 0.05) is 6.54 Å². The maximum atomic E-state index is 5.64. The molecule has 3 nitrogen and oxygen atoms in total. The third-order valence-corrected chi connectivity index (χ3v) is 3.14. The molecule has 0 amide bonds. The molecule has 0 saturated carbocycles. The number of benzene rings is 2. The van der Waals surface area contributed by atoms with Crippen molar-refractivity contribution in [2.75, 3.05) is 13.2 Å². The third kappa shape index (κ3) is 4.37. The van der Waals surface area contributed by atoms with Crippen molar-refractivity contribution in [3.63, 3.8) is 0 Å². The van der Waals surface area contributed by atoms with Crippen LogP contribution in [0.1, 0.15) is 16.7 Å². The van der Waals surface area contributed by atoms with Crippen LogP contribution in [0.3, 0.4) is 0 Å². The van der Waals surface area contributed by atoms with E-state index in [2.05, 4.69) is 19.1 Å². The SMILES string of the molecule is Cc1cc(CN)ccc1COCCOc1ccccc1. The van der Waals surface area contributed by atoms with Gasteiger partial charge in [0.05, 0.1) is 13.2 Å². The normalized spacial score (nSPS) is 10.5. The number of hydrogen-bond acceptors (Lipinski definition) is 3. The maximum absolute atomic E-state index is 5.64. The first-order valence-corrected chi connectivity index (χ1v) is 6.83. The molecule has 0 atom stereocenters. The molecule has 0 bridgehead atoms. The van der Waals surface area contributed by atoms with E-state index in [0.29, 0.717) is 26.4 Å². The van der Waals surface area contributed by atoms with Crippen molar-refractivity contribution in [1.82, 2.24) is 0 Å². The van der Waals surface area contributed by atoms with Crippen LogP contribution in [-0.4, -0.2) is 13.2 Å². The summed E-state index contributed by atoms with van der Waals surface area (Å²) in [5, 5.41) is 0. The Bertz CT molecular complexity index is 526. The van der Waals surface area contributed by atoms with Crippen LogP contribution >= 0.6 is 0 Å². The van der Waals surface area contributed by atoms with Gasteiger partial charge in [0.2, 0.25) is 0 Å². The van der Waals surface area contributed by atoms with E-state index in [1.54, 1.807) is 0 Å². The summed E-state index contributed by atoms with van der Waals surface area (Å²) in [7, 11) is 0. The first-order chi connectivity index (χ1) is 9.79. The van der Waals surface area contributed by atoms with Crippen LogP contribution in [0.5, 0.6) is 5.75 Å². The zero-order valence-electron chi connectivity index (χ0n) is 11.8. The van der Waals surface area contributed by atoms with Crippen LogP contribution in [0.4, 0.5) is 0 Å². The van der Waals surface area contributed by atoms with Gasteiger partial charge in [-0.1, -0.05) is 36.4 Å². The number of hydrogen-bond donors (Lipinski definition) is 1. The summed E-state index contributed by atoms with van der Waals surface area (Å²) < 4.78 is 11.2. The fourth-order valence-corrected chi connectivity index (χ4v) is 1.96. The van der Waals surface area contributed by atoms with E-state index in [1.165, 1.54) is 11.1 Å². The lowest BCUT2D eigenvalue weighted by Crippen LogP contribution is -2.07. The van der Waals surface area contributed by atoms with Crippen molar-refractivity contribution in [2.24, 2.45) is 5.73 Å². The molecule has 2 rings (SSSR count). The summed E-state index contributed by atoms with van der Waals surface area (Å²) >= 11 is 0. The second kappa shape index (κ2) is 7.68. The summed E-state index contributed by atoms with van der Waals surface area (Å²) in [6.07, 6.45) is 0. The van der Waals surface area contributed by atoms with E-state index in [9.17, 15) is 0 Å². The summed E-state index contributed by atoms with van der Waals surface area (Å²) in [6, 6.07) is 16.0. The fraction of sp³-hybridized carbons (Fsp3) is 0.294. The van der Waals surface area contributed by atoms with E-state index in [-0.39, 0.29) is 0 Å². The first kappa shape index (κ1) is 14.6. The minimum atomic E-state index is 0.559. The molecular weight excluding hydrogens is 250 g/mol. The van der Waals surface area contributed by atoms with Gasteiger partial charge in [-0.15, -0.1) is 0 Å². The van der Waals surface area contributed by atoms with Gasteiger partial charge >= 0.3 is 0 Å². The van der Waals surface area contributed by atoms with Crippen LogP contribution in [0.25, 0.3) is 0 Å². The largest absolute Gasteiger partial charge is 0.491 e. The molecule has 0 fully saturated rings. The van der Waals surface area contributed by atoms with Crippen molar-refractivity contribution in [2.45, 2.75) is 20.1 Å². The second-order valence-corrected chi connectivity index (χ2v) is 4.68.